The topological polar surface area (TPSA) is 50.4 Å². The zero-order valence-electron chi connectivity index (χ0n) is 10.1. The molecule has 1 saturated carbocycles. The molecule has 2 N–H and O–H groups in total. The predicted octanol–water partition coefficient (Wildman–Crippen LogP) is 0.814. The summed E-state index contributed by atoms with van der Waals surface area (Å²) < 4.78 is 5.69. The number of amides is 1. The van der Waals surface area contributed by atoms with Crippen molar-refractivity contribution in [3.05, 3.63) is 0 Å². The second-order valence-electron chi connectivity index (χ2n) is 5.18. The van der Waals surface area contributed by atoms with Crippen molar-refractivity contribution in [2.24, 2.45) is 0 Å². The lowest BCUT2D eigenvalue weighted by atomic mass is 10.1. The molecule has 0 radical (unpaired) electrons. The van der Waals surface area contributed by atoms with Gasteiger partial charge < -0.3 is 15.4 Å². The number of piperidine rings is 1. The van der Waals surface area contributed by atoms with E-state index < -0.39 is 0 Å². The van der Waals surface area contributed by atoms with Crippen LogP contribution in [0.1, 0.15) is 39.0 Å². The van der Waals surface area contributed by atoms with Gasteiger partial charge in [-0.05, 0) is 45.7 Å². The van der Waals surface area contributed by atoms with Crippen LogP contribution in [0.2, 0.25) is 0 Å². The highest BCUT2D eigenvalue weighted by molar-refractivity contribution is 5.77. The van der Waals surface area contributed by atoms with Crippen LogP contribution in [-0.2, 0) is 9.53 Å². The molecule has 0 atom stereocenters. The fraction of sp³-hybridized carbons (Fsp3) is 0.917. The fourth-order valence-corrected chi connectivity index (χ4v) is 1.99. The van der Waals surface area contributed by atoms with Gasteiger partial charge >= 0.3 is 0 Å². The van der Waals surface area contributed by atoms with Gasteiger partial charge in [0, 0.05) is 12.0 Å². The van der Waals surface area contributed by atoms with Crippen LogP contribution in [0.5, 0.6) is 0 Å². The molecule has 0 spiro atoms. The van der Waals surface area contributed by atoms with Crippen molar-refractivity contribution in [3.8, 4) is 0 Å². The largest absolute Gasteiger partial charge is 0.378 e. The van der Waals surface area contributed by atoms with Crippen molar-refractivity contribution in [2.45, 2.75) is 50.7 Å². The van der Waals surface area contributed by atoms with Gasteiger partial charge in [-0.3, -0.25) is 4.79 Å². The summed E-state index contributed by atoms with van der Waals surface area (Å²) in [7, 11) is 0. The minimum Gasteiger partial charge on any atom is -0.378 e. The Hall–Kier alpha value is -0.610. The molecule has 1 aliphatic heterocycles. The van der Waals surface area contributed by atoms with Crippen LogP contribution in [0.15, 0.2) is 0 Å². The van der Waals surface area contributed by atoms with Gasteiger partial charge in [-0.2, -0.15) is 0 Å². The molecular weight excluding hydrogens is 204 g/mol. The van der Waals surface area contributed by atoms with Crippen molar-refractivity contribution in [1.82, 2.24) is 10.6 Å². The van der Waals surface area contributed by atoms with Crippen molar-refractivity contribution in [1.29, 1.82) is 0 Å². The Balaban J connectivity index is 1.54. The van der Waals surface area contributed by atoms with Crippen LogP contribution in [0.25, 0.3) is 0 Å². The van der Waals surface area contributed by atoms with E-state index in [1.54, 1.807) is 0 Å². The van der Waals surface area contributed by atoms with Crippen molar-refractivity contribution in [2.75, 3.05) is 19.7 Å². The van der Waals surface area contributed by atoms with E-state index in [2.05, 4.69) is 17.6 Å². The lowest BCUT2D eigenvalue weighted by molar-refractivity contribution is -0.123. The summed E-state index contributed by atoms with van der Waals surface area (Å²) in [6, 6.07) is 0. The second kappa shape index (κ2) is 5.15. The maximum Gasteiger partial charge on any atom is 0.222 e. The number of ether oxygens (including phenoxy) is 1. The van der Waals surface area contributed by atoms with Gasteiger partial charge in [0.05, 0.1) is 12.7 Å². The first-order valence-electron chi connectivity index (χ1n) is 6.31. The molecule has 1 amide bonds. The molecule has 1 aliphatic carbocycles. The summed E-state index contributed by atoms with van der Waals surface area (Å²) in [4.78, 5) is 11.5. The molecule has 92 valence electrons. The number of nitrogens with one attached hydrogen (secondary N) is 2. The number of hydrogen-bond acceptors (Lipinski definition) is 3. The average molecular weight is 226 g/mol. The predicted molar refractivity (Wildman–Crippen MR) is 62.2 cm³/mol. The third-order valence-electron chi connectivity index (χ3n) is 3.41. The molecule has 16 heavy (non-hydrogen) atoms. The highest BCUT2D eigenvalue weighted by Crippen LogP contribution is 2.34. The van der Waals surface area contributed by atoms with Crippen LogP contribution in [0, 0.1) is 0 Å². The first-order chi connectivity index (χ1) is 7.68. The van der Waals surface area contributed by atoms with Crippen LogP contribution in [-0.4, -0.2) is 37.2 Å². The first kappa shape index (κ1) is 11.9. The van der Waals surface area contributed by atoms with Gasteiger partial charge in [-0.25, -0.2) is 0 Å². The molecule has 4 nitrogen and oxygen atoms in total. The van der Waals surface area contributed by atoms with Crippen molar-refractivity contribution >= 4 is 5.91 Å². The van der Waals surface area contributed by atoms with Gasteiger partial charge in [0.15, 0.2) is 0 Å². The normalized spacial score (nSPS) is 24.1. The maximum atomic E-state index is 11.5. The molecule has 1 saturated heterocycles. The van der Waals surface area contributed by atoms with E-state index in [0.29, 0.717) is 19.1 Å². The van der Waals surface area contributed by atoms with Crippen LogP contribution in [0.4, 0.5) is 0 Å². The van der Waals surface area contributed by atoms with E-state index in [-0.39, 0.29) is 11.4 Å². The molecule has 0 bridgehead atoms. The zero-order chi connectivity index (χ0) is 11.4. The van der Waals surface area contributed by atoms with E-state index in [1.165, 1.54) is 0 Å². The molecule has 0 aromatic carbocycles. The van der Waals surface area contributed by atoms with Crippen molar-refractivity contribution in [3.63, 3.8) is 0 Å². The van der Waals surface area contributed by atoms with Gasteiger partial charge in [-0.1, -0.05) is 0 Å². The lowest BCUT2D eigenvalue weighted by Crippen LogP contribution is -2.36. The van der Waals surface area contributed by atoms with Gasteiger partial charge in [0.25, 0.3) is 0 Å². The third-order valence-corrected chi connectivity index (χ3v) is 3.41. The standard InChI is InChI=1S/C12H22N2O2/c1-12(5-6-12)14-11(15)4-9-16-10-2-7-13-8-3-10/h10,13H,2-9H2,1H3,(H,14,15). The van der Waals surface area contributed by atoms with Crippen LogP contribution < -0.4 is 10.6 Å². The molecule has 2 fully saturated rings. The Morgan fingerprint density at radius 3 is 2.75 bits per heavy atom. The summed E-state index contributed by atoms with van der Waals surface area (Å²) in [5.74, 6) is 0.133. The highest BCUT2D eigenvalue weighted by atomic mass is 16.5. The van der Waals surface area contributed by atoms with E-state index >= 15 is 0 Å². The number of rotatable bonds is 5. The maximum absolute atomic E-state index is 11.5. The van der Waals surface area contributed by atoms with E-state index in [4.69, 9.17) is 4.74 Å². The van der Waals surface area contributed by atoms with E-state index in [9.17, 15) is 4.79 Å². The molecule has 1 heterocycles. The lowest BCUT2D eigenvalue weighted by Gasteiger charge is -2.23. The second-order valence-corrected chi connectivity index (χ2v) is 5.18. The van der Waals surface area contributed by atoms with Gasteiger partial charge in [0.2, 0.25) is 5.91 Å². The zero-order valence-corrected chi connectivity index (χ0v) is 10.1. The summed E-state index contributed by atoms with van der Waals surface area (Å²) in [5.41, 5.74) is 0.103. The summed E-state index contributed by atoms with van der Waals surface area (Å²) in [5, 5.41) is 6.33. The highest BCUT2D eigenvalue weighted by Gasteiger charge is 2.38. The van der Waals surface area contributed by atoms with Gasteiger partial charge in [-0.15, -0.1) is 0 Å². The molecule has 2 rings (SSSR count). The minimum atomic E-state index is 0.103. The Morgan fingerprint density at radius 1 is 1.44 bits per heavy atom. The Bertz CT molecular complexity index is 245. The monoisotopic (exact) mass is 226 g/mol. The SMILES string of the molecule is CC1(NC(=O)CCOC2CCNCC2)CC1. The quantitative estimate of drug-likeness (QED) is 0.729. The third kappa shape index (κ3) is 3.76. The molecule has 2 aliphatic rings. The molecular formula is C12H22N2O2. The average Bonchev–Trinajstić information content (AvgIpc) is 2.97. The summed E-state index contributed by atoms with van der Waals surface area (Å²) in [6.45, 7) is 4.73. The van der Waals surface area contributed by atoms with E-state index in [0.717, 1.165) is 38.8 Å². The molecule has 0 aromatic rings. The first-order valence-corrected chi connectivity index (χ1v) is 6.31. The smallest absolute Gasteiger partial charge is 0.222 e. The number of carbonyl (C=O) groups excluding carboxylic acids is 1. The molecule has 0 unspecified atom stereocenters. The number of carbonyl (C=O) groups is 1. The minimum absolute atomic E-state index is 0.103. The van der Waals surface area contributed by atoms with Crippen LogP contribution >= 0.6 is 0 Å². The molecule has 0 aromatic heterocycles. The summed E-state index contributed by atoms with van der Waals surface area (Å²) in [6.07, 6.45) is 5.23. The van der Waals surface area contributed by atoms with Gasteiger partial charge in [0.1, 0.15) is 0 Å². The Morgan fingerprint density at radius 2 is 2.12 bits per heavy atom. The summed E-state index contributed by atoms with van der Waals surface area (Å²) >= 11 is 0. The Kier molecular flexibility index (Phi) is 3.82. The van der Waals surface area contributed by atoms with Crippen LogP contribution in [0.3, 0.4) is 0 Å². The number of hydrogen-bond donors (Lipinski definition) is 2. The Labute approximate surface area is 97.1 Å². The van der Waals surface area contributed by atoms with Crippen molar-refractivity contribution < 1.29 is 9.53 Å². The molecule has 4 heteroatoms. The fourth-order valence-electron chi connectivity index (χ4n) is 1.99. The van der Waals surface area contributed by atoms with E-state index in [1.807, 2.05) is 0 Å².